The van der Waals surface area contributed by atoms with Gasteiger partial charge in [-0.2, -0.15) is 0 Å². The van der Waals surface area contributed by atoms with E-state index in [4.69, 9.17) is 0 Å². The lowest BCUT2D eigenvalue weighted by Gasteiger charge is -2.18. The van der Waals surface area contributed by atoms with Crippen LogP contribution in [0.3, 0.4) is 0 Å². The molecule has 2 heterocycles. The molecule has 0 atom stereocenters. The third kappa shape index (κ3) is 2.05. The molecular weight excluding hydrogens is 226 g/mol. The SMILES string of the molecule is C=CCN(CC=C)c1nc2ccccn2c1C=O. The summed E-state index contributed by atoms with van der Waals surface area (Å²) >= 11 is 0. The zero-order valence-corrected chi connectivity index (χ0v) is 10.1. The zero-order chi connectivity index (χ0) is 13.0. The van der Waals surface area contributed by atoms with Crippen molar-refractivity contribution in [2.75, 3.05) is 18.0 Å². The summed E-state index contributed by atoms with van der Waals surface area (Å²) in [5, 5.41) is 0. The Morgan fingerprint density at radius 2 is 2.00 bits per heavy atom. The molecule has 0 saturated carbocycles. The summed E-state index contributed by atoms with van der Waals surface area (Å²) in [6.07, 6.45) is 6.22. The lowest BCUT2D eigenvalue weighted by atomic mass is 10.3. The van der Waals surface area contributed by atoms with E-state index >= 15 is 0 Å². The number of fused-ring (bicyclic) bond motifs is 1. The molecule has 4 heteroatoms. The average Bonchev–Trinajstić information content (AvgIpc) is 2.76. The van der Waals surface area contributed by atoms with Gasteiger partial charge in [-0.25, -0.2) is 4.98 Å². The first kappa shape index (κ1) is 12.1. The third-order valence-corrected chi connectivity index (χ3v) is 2.66. The van der Waals surface area contributed by atoms with Crippen LogP contribution in [-0.2, 0) is 0 Å². The molecule has 0 fully saturated rings. The Labute approximate surface area is 106 Å². The monoisotopic (exact) mass is 241 g/mol. The number of carbonyl (C=O) groups is 1. The second-order valence-electron chi connectivity index (χ2n) is 3.85. The number of imidazole rings is 1. The topological polar surface area (TPSA) is 37.6 Å². The smallest absolute Gasteiger partial charge is 0.170 e. The van der Waals surface area contributed by atoms with Crippen molar-refractivity contribution in [2.24, 2.45) is 0 Å². The molecule has 0 radical (unpaired) electrons. The quantitative estimate of drug-likeness (QED) is 0.575. The molecule has 0 aromatic carbocycles. The number of carbonyl (C=O) groups excluding carboxylic acids is 1. The summed E-state index contributed by atoms with van der Waals surface area (Å²) in [7, 11) is 0. The van der Waals surface area contributed by atoms with Gasteiger partial charge in [0.1, 0.15) is 11.3 Å². The lowest BCUT2D eigenvalue weighted by Crippen LogP contribution is -2.24. The standard InChI is InChI=1S/C14H15N3O/c1-3-8-16(9-4-2)14-12(11-18)17-10-6-5-7-13(17)15-14/h3-7,10-11H,1-2,8-9H2. The molecule has 0 aliphatic carbocycles. The van der Waals surface area contributed by atoms with Crippen molar-refractivity contribution < 1.29 is 4.79 Å². The van der Waals surface area contributed by atoms with Gasteiger partial charge < -0.3 is 4.90 Å². The molecule has 0 aliphatic heterocycles. The molecule has 0 saturated heterocycles. The molecule has 0 unspecified atom stereocenters. The largest absolute Gasteiger partial charge is 0.347 e. The summed E-state index contributed by atoms with van der Waals surface area (Å²) < 4.78 is 1.78. The van der Waals surface area contributed by atoms with E-state index in [1.165, 1.54) is 0 Å². The van der Waals surface area contributed by atoms with Crippen molar-refractivity contribution in [3.8, 4) is 0 Å². The van der Waals surface area contributed by atoms with Crippen LogP contribution in [-0.4, -0.2) is 28.8 Å². The van der Waals surface area contributed by atoms with Gasteiger partial charge in [-0.15, -0.1) is 13.2 Å². The predicted molar refractivity (Wildman–Crippen MR) is 73.2 cm³/mol. The number of hydrogen-bond acceptors (Lipinski definition) is 3. The highest BCUT2D eigenvalue weighted by atomic mass is 16.1. The Kier molecular flexibility index (Phi) is 3.57. The van der Waals surface area contributed by atoms with Crippen molar-refractivity contribution in [3.05, 3.63) is 55.4 Å². The van der Waals surface area contributed by atoms with Gasteiger partial charge in [0.15, 0.2) is 12.1 Å². The van der Waals surface area contributed by atoms with Crippen molar-refractivity contribution >= 4 is 17.8 Å². The Hall–Kier alpha value is -2.36. The Morgan fingerprint density at radius 1 is 1.28 bits per heavy atom. The Balaban J connectivity index is 2.56. The minimum absolute atomic E-state index is 0.550. The summed E-state index contributed by atoms with van der Waals surface area (Å²) in [6, 6.07) is 5.64. The van der Waals surface area contributed by atoms with E-state index in [0.717, 1.165) is 11.9 Å². The molecule has 92 valence electrons. The number of aldehydes is 1. The molecule has 2 rings (SSSR count). The van der Waals surface area contributed by atoms with Crippen LogP contribution < -0.4 is 4.90 Å². The van der Waals surface area contributed by atoms with Gasteiger partial charge in [-0.1, -0.05) is 18.2 Å². The van der Waals surface area contributed by atoms with E-state index in [-0.39, 0.29) is 0 Å². The molecule has 0 amide bonds. The fraction of sp³-hybridized carbons (Fsp3) is 0.143. The maximum absolute atomic E-state index is 11.3. The van der Waals surface area contributed by atoms with Gasteiger partial charge in [-0.05, 0) is 12.1 Å². The fourth-order valence-electron chi connectivity index (χ4n) is 1.90. The van der Waals surface area contributed by atoms with Gasteiger partial charge in [0, 0.05) is 19.3 Å². The van der Waals surface area contributed by atoms with E-state index in [0.29, 0.717) is 24.6 Å². The summed E-state index contributed by atoms with van der Waals surface area (Å²) in [4.78, 5) is 17.7. The van der Waals surface area contributed by atoms with Crippen LogP contribution in [0.15, 0.2) is 49.7 Å². The van der Waals surface area contributed by atoms with Crippen molar-refractivity contribution in [3.63, 3.8) is 0 Å². The molecule has 2 aromatic heterocycles. The first-order valence-corrected chi connectivity index (χ1v) is 5.70. The molecule has 0 spiro atoms. The Bertz CT molecular complexity index is 576. The van der Waals surface area contributed by atoms with E-state index in [1.807, 2.05) is 29.3 Å². The van der Waals surface area contributed by atoms with Gasteiger partial charge in [0.2, 0.25) is 0 Å². The summed E-state index contributed by atoms with van der Waals surface area (Å²) in [6.45, 7) is 8.68. The van der Waals surface area contributed by atoms with Gasteiger partial charge in [0.25, 0.3) is 0 Å². The van der Waals surface area contributed by atoms with E-state index in [2.05, 4.69) is 18.1 Å². The van der Waals surface area contributed by atoms with Gasteiger partial charge >= 0.3 is 0 Å². The first-order chi connectivity index (χ1) is 8.81. The van der Waals surface area contributed by atoms with Crippen LogP contribution in [0.1, 0.15) is 10.5 Å². The maximum Gasteiger partial charge on any atom is 0.170 e. The minimum Gasteiger partial charge on any atom is -0.347 e. The number of aromatic nitrogens is 2. The van der Waals surface area contributed by atoms with Crippen LogP contribution in [0.25, 0.3) is 5.65 Å². The zero-order valence-electron chi connectivity index (χ0n) is 10.1. The second-order valence-corrected chi connectivity index (χ2v) is 3.85. The molecule has 0 bridgehead atoms. The highest BCUT2D eigenvalue weighted by Gasteiger charge is 2.15. The highest BCUT2D eigenvalue weighted by molar-refractivity contribution is 5.83. The van der Waals surface area contributed by atoms with E-state index in [9.17, 15) is 4.79 Å². The molecule has 0 N–H and O–H groups in total. The number of hydrogen-bond donors (Lipinski definition) is 0. The molecule has 18 heavy (non-hydrogen) atoms. The minimum atomic E-state index is 0.550. The van der Waals surface area contributed by atoms with Crippen LogP contribution in [0.2, 0.25) is 0 Å². The van der Waals surface area contributed by atoms with Gasteiger partial charge in [0.05, 0.1) is 0 Å². The number of anilines is 1. The lowest BCUT2D eigenvalue weighted by molar-refractivity contribution is 0.111. The molecular formula is C14H15N3O. The number of rotatable bonds is 6. The number of nitrogens with zero attached hydrogens (tertiary/aromatic N) is 3. The molecule has 2 aromatic rings. The highest BCUT2D eigenvalue weighted by Crippen LogP contribution is 2.20. The molecule has 4 nitrogen and oxygen atoms in total. The number of pyridine rings is 1. The van der Waals surface area contributed by atoms with Crippen molar-refractivity contribution in [1.82, 2.24) is 9.38 Å². The summed E-state index contributed by atoms with van der Waals surface area (Å²) in [5.74, 6) is 0.663. The average molecular weight is 241 g/mol. The van der Waals surface area contributed by atoms with Crippen molar-refractivity contribution in [1.29, 1.82) is 0 Å². The second kappa shape index (κ2) is 5.31. The van der Waals surface area contributed by atoms with E-state index < -0.39 is 0 Å². The van der Waals surface area contributed by atoms with Crippen LogP contribution in [0.4, 0.5) is 5.82 Å². The maximum atomic E-state index is 11.3. The van der Waals surface area contributed by atoms with Crippen LogP contribution in [0.5, 0.6) is 0 Å². The van der Waals surface area contributed by atoms with E-state index in [1.54, 1.807) is 16.6 Å². The normalized spacial score (nSPS) is 10.2. The fourth-order valence-corrected chi connectivity index (χ4v) is 1.90. The van der Waals surface area contributed by atoms with Gasteiger partial charge in [-0.3, -0.25) is 9.20 Å². The molecule has 0 aliphatic rings. The first-order valence-electron chi connectivity index (χ1n) is 5.70. The van der Waals surface area contributed by atoms with Crippen LogP contribution in [0, 0.1) is 0 Å². The Morgan fingerprint density at radius 3 is 2.61 bits per heavy atom. The van der Waals surface area contributed by atoms with Crippen LogP contribution >= 0.6 is 0 Å². The predicted octanol–water partition coefficient (Wildman–Crippen LogP) is 2.33. The summed E-state index contributed by atoms with van der Waals surface area (Å²) in [5.41, 5.74) is 1.31. The van der Waals surface area contributed by atoms with Crippen molar-refractivity contribution in [2.45, 2.75) is 0 Å². The third-order valence-electron chi connectivity index (χ3n) is 2.66.